The van der Waals surface area contributed by atoms with Crippen LogP contribution in [-0.2, 0) is 0 Å². The van der Waals surface area contributed by atoms with Crippen LogP contribution in [0.5, 0.6) is 0 Å². The zero-order valence-corrected chi connectivity index (χ0v) is 14.8. The summed E-state index contributed by atoms with van der Waals surface area (Å²) in [6.45, 7) is 1.22. The Morgan fingerprint density at radius 3 is 2.14 bits per heavy atom. The number of non-ortho nitro benzene ring substituents is 1. The first-order valence-corrected chi connectivity index (χ1v) is 8.29. The van der Waals surface area contributed by atoms with E-state index in [0.717, 1.165) is 23.5 Å². The third-order valence-electron chi connectivity index (χ3n) is 3.81. The lowest BCUT2D eigenvalue weighted by atomic mass is 10.1. The van der Waals surface area contributed by atoms with Gasteiger partial charge in [0.1, 0.15) is 5.56 Å². The maximum absolute atomic E-state index is 12.4. The van der Waals surface area contributed by atoms with Gasteiger partial charge in [0.05, 0.1) is 30.6 Å². The molecular formula is C15H9N5O7S. The van der Waals surface area contributed by atoms with E-state index >= 15 is 0 Å². The van der Waals surface area contributed by atoms with Gasteiger partial charge >= 0.3 is 0 Å². The quantitative estimate of drug-likeness (QED) is 0.497. The highest BCUT2D eigenvalue weighted by Crippen LogP contribution is 2.32. The van der Waals surface area contributed by atoms with Crippen molar-refractivity contribution in [2.24, 2.45) is 0 Å². The predicted molar refractivity (Wildman–Crippen MR) is 98.7 cm³/mol. The fourth-order valence-electron chi connectivity index (χ4n) is 2.44. The molecule has 0 aliphatic heterocycles. The number of fused-ring (bicyclic) bond motifs is 1. The van der Waals surface area contributed by atoms with Crippen molar-refractivity contribution in [2.75, 3.05) is 5.32 Å². The van der Waals surface area contributed by atoms with Crippen molar-refractivity contribution in [1.82, 2.24) is 4.98 Å². The molecule has 1 N–H and O–H groups in total. The lowest BCUT2D eigenvalue weighted by Gasteiger charge is -2.04. The summed E-state index contributed by atoms with van der Waals surface area (Å²) in [7, 11) is 0. The number of carbonyl (C=O) groups excluding carboxylic acids is 1. The summed E-state index contributed by atoms with van der Waals surface area (Å²) in [5.74, 6) is -0.834. The highest BCUT2D eigenvalue weighted by molar-refractivity contribution is 7.22. The van der Waals surface area contributed by atoms with Crippen LogP contribution in [0.2, 0.25) is 0 Å². The third kappa shape index (κ3) is 3.45. The second-order valence-electron chi connectivity index (χ2n) is 5.54. The predicted octanol–water partition coefficient (Wildman–Crippen LogP) is 3.58. The van der Waals surface area contributed by atoms with Crippen molar-refractivity contribution >= 4 is 49.7 Å². The Morgan fingerprint density at radius 2 is 1.61 bits per heavy atom. The van der Waals surface area contributed by atoms with Crippen LogP contribution in [0.1, 0.15) is 15.9 Å². The number of nitrogens with zero attached hydrogens (tertiary/aromatic N) is 4. The van der Waals surface area contributed by atoms with Gasteiger partial charge < -0.3 is 0 Å². The molecule has 12 nitrogen and oxygen atoms in total. The largest absolute Gasteiger partial charge is 0.298 e. The number of nitro benzene ring substituents is 3. The van der Waals surface area contributed by atoms with Crippen LogP contribution in [0, 0.1) is 37.3 Å². The number of carbonyl (C=O) groups is 1. The van der Waals surface area contributed by atoms with E-state index in [1.165, 1.54) is 25.1 Å². The minimum atomic E-state index is -0.834. The van der Waals surface area contributed by atoms with Crippen LogP contribution in [0.15, 0.2) is 30.3 Å². The topological polar surface area (TPSA) is 171 Å². The smallest absolute Gasteiger partial charge is 0.279 e. The molecule has 0 aliphatic carbocycles. The molecule has 142 valence electrons. The van der Waals surface area contributed by atoms with Gasteiger partial charge in [0.15, 0.2) is 5.13 Å². The van der Waals surface area contributed by atoms with Crippen molar-refractivity contribution in [2.45, 2.75) is 6.92 Å². The third-order valence-corrected chi connectivity index (χ3v) is 4.75. The Labute approximate surface area is 158 Å². The number of anilines is 1. The van der Waals surface area contributed by atoms with E-state index in [2.05, 4.69) is 10.3 Å². The zero-order chi connectivity index (χ0) is 20.6. The zero-order valence-electron chi connectivity index (χ0n) is 13.9. The van der Waals surface area contributed by atoms with Gasteiger partial charge in [-0.15, -0.1) is 0 Å². The standard InChI is InChI=1S/C15H9N5O7S/c1-7-11(19(24)25)4-8(5-12(7)20(26)27)14(21)17-15-16-10-3-2-9(18(22)23)6-13(10)28-15/h2-6H,1H3,(H,16,17,21). The summed E-state index contributed by atoms with van der Waals surface area (Å²) in [5.41, 5.74) is -1.29. The normalized spacial score (nSPS) is 10.6. The minimum absolute atomic E-state index is 0.0892. The monoisotopic (exact) mass is 403 g/mol. The Morgan fingerprint density at radius 1 is 1.00 bits per heavy atom. The van der Waals surface area contributed by atoms with E-state index in [1.807, 2.05) is 0 Å². The molecule has 2 aromatic carbocycles. The number of amides is 1. The van der Waals surface area contributed by atoms with Gasteiger partial charge in [-0.05, 0) is 13.0 Å². The molecule has 0 aliphatic rings. The van der Waals surface area contributed by atoms with Gasteiger partial charge in [0.25, 0.3) is 23.0 Å². The molecule has 1 heterocycles. The fraction of sp³-hybridized carbons (Fsp3) is 0.0667. The first-order valence-electron chi connectivity index (χ1n) is 7.47. The number of nitro groups is 3. The highest BCUT2D eigenvalue weighted by atomic mass is 32.1. The lowest BCUT2D eigenvalue weighted by Crippen LogP contribution is -2.13. The Bertz CT molecular complexity index is 1140. The first-order chi connectivity index (χ1) is 13.2. The summed E-state index contributed by atoms with van der Waals surface area (Å²) in [6.07, 6.45) is 0. The van der Waals surface area contributed by atoms with Gasteiger partial charge in [0, 0.05) is 24.3 Å². The molecule has 0 unspecified atom stereocenters. The van der Waals surface area contributed by atoms with E-state index in [0.29, 0.717) is 10.2 Å². The number of benzene rings is 2. The highest BCUT2D eigenvalue weighted by Gasteiger charge is 2.25. The van der Waals surface area contributed by atoms with Gasteiger partial charge in [-0.1, -0.05) is 11.3 Å². The number of aromatic nitrogens is 1. The molecule has 0 spiro atoms. The second-order valence-corrected chi connectivity index (χ2v) is 6.57. The minimum Gasteiger partial charge on any atom is -0.298 e. The van der Waals surface area contributed by atoms with Crippen molar-refractivity contribution in [1.29, 1.82) is 0 Å². The van der Waals surface area contributed by atoms with Gasteiger partial charge in [-0.2, -0.15) is 0 Å². The van der Waals surface area contributed by atoms with Crippen molar-refractivity contribution in [3.63, 3.8) is 0 Å². The molecule has 0 fully saturated rings. The summed E-state index contributed by atoms with van der Waals surface area (Å²) in [5, 5.41) is 35.6. The van der Waals surface area contributed by atoms with Crippen LogP contribution in [0.25, 0.3) is 10.2 Å². The molecule has 28 heavy (non-hydrogen) atoms. The maximum Gasteiger partial charge on any atom is 0.279 e. The average molecular weight is 403 g/mol. The van der Waals surface area contributed by atoms with Crippen molar-refractivity contribution < 1.29 is 19.6 Å². The fourth-order valence-corrected chi connectivity index (χ4v) is 3.34. The molecule has 0 saturated heterocycles. The molecule has 3 rings (SSSR count). The van der Waals surface area contributed by atoms with E-state index in [1.54, 1.807) is 0 Å². The van der Waals surface area contributed by atoms with Crippen LogP contribution in [0.3, 0.4) is 0 Å². The van der Waals surface area contributed by atoms with Crippen LogP contribution < -0.4 is 5.32 Å². The number of thiazole rings is 1. The summed E-state index contributed by atoms with van der Waals surface area (Å²) in [6, 6.07) is 5.86. The van der Waals surface area contributed by atoms with E-state index in [4.69, 9.17) is 0 Å². The molecule has 3 aromatic rings. The number of nitrogens with one attached hydrogen (secondary N) is 1. The van der Waals surface area contributed by atoms with Crippen LogP contribution in [0.4, 0.5) is 22.2 Å². The number of hydrogen-bond acceptors (Lipinski definition) is 9. The lowest BCUT2D eigenvalue weighted by molar-refractivity contribution is -0.395. The SMILES string of the molecule is Cc1c([N+](=O)[O-])cc(C(=O)Nc2nc3ccc([N+](=O)[O-])cc3s2)cc1[N+](=O)[O-]. The Kier molecular flexibility index (Phi) is 4.67. The Hall–Kier alpha value is -4.00. The van der Waals surface area contributed by atoms with E-state index in [-0.39, 0.29) is 21.9 Å². The van der Waals surface area contributed by atoms with Gasteiger partial charge in [-0.3, -0.25) is 40.5 Å². The molecule has 13 heteroatoms. The van der Waals surface area contributed by atoms with Crippen LogP contribution in [-0.4, -0.2) is 25.7 Å². The summed E-state index contributed by atoms with van der Waals surface area (Å²) < 4.78 is 0.449. The van der Waals surface area contributed by atoms with E-state index in [9.17, 15) is 35.1 Å². The molecule has 0 saturated carbocycles. The van der Waals surface area contributed by atoms with Gasteiger partial charge in [0.2, 0.25) is 0 Å². The van der Waals surface area contributed by atoms with Crippen molar-refractivity contribution in [3.8, 4) is 0 Å². The van der Waals surface area contributed by atoms with E-state index < -0.39 is 32.1 Å². The van der Waals surface area contributed by atoms with Crippen molar-refractivity contribution in [3.05, 3.63) is 71.8 Å². The molecule has 0 bridgehead atoms. The Balaban J connectivity index is 1.96. The average Bonchev–Trinajstić information content (AvgIpc) is 3.02. The molecular weight excluding hydrogens is 394 g/mol. The molecule has 1 amide bonds. The molecule has 0 radical (unpaired) electrons. The molecule has 1 aromatic heterocycles. The number of hydrogen-bond donors (Lipinski definition) is 1. The molecule has 0 atom stereocenters. The van der Waals surface area contributed by atoms with Crippen LogP contribution >= 0.6 is 11.3 Å². The summed E-state index contributed by atoms with van der Waals surface area (Å²) in [4.78, 5) is 47.4. The number of rotatable bonds is 5. The van der Waals surface area contributed by atoms with Gasteiger partial charge in [-0.25, -0.2) is 4.98 Å². The summed E-state index contributed by atoms with van der Waals surface area (Å²) >= 11 is 0.961. The first kappa shape index (κ1) is 18.8. The maximum atomic E-state index is 12.4. The second kappa shape index (κ2) is 6.96.